The predicted molar refractivity (Wildman–Crippen MR) is 217 cm³/mol. The van der Waals surface area contributed by atoms with Crippen molar-refractivity contribution < 1.29 is 31.9 Å². The molecular weight excluding hydrogens is 742 g/mol. The molecule has 3 aromatic carbocycles. The number of Topliss-reactive ketones (excluding diaryl/α,β-unsaturated/α-hetero) is 1. The number of ether oxygens (including phenoxy) is 1. The summed E-state index contributed by atoms with van der Waals surface area (Å²) in [6, 6.07) is 23.1. The van der Waals surface area contributed by atoms with E-state index in [1.165, 1.54) is 12.1 Å². The van der Waals surface area contributed by atoms with E-state index in [0.29, 0.717) is 43.4 Å². The van der Waals surface area contributed by atoms with Crippen LogP contribution in [0.4, 0.5) is 4.39 Å². The van der Waals surface area contributed by atoms with E-state index in [4.69, 9.17) is 9.72 Å². The Kier molecular flexibility index (Phi) is 10.6. The van der Waals surface area contributed by atoms with Crippen LogP contribution in [0.1, 0.15) is 82.3 Å². The zero-order valence-corrected chi connectivity index (χ0v) is 33.4. The second kappa shape index (κ2) is 15.5. The molecule has 9 nitrogen and oxygen atoms in total. The molecule has 2 aliphatic heterocycles. The number of ketones is 1. The van der Waals surface area contributed by atoms with E-state index in [-0.39, 0.29) is 42.8 Å². The molecule has 1 saturated heterocycles. The topological polar surface area (TPSA) is 123 Å². The van der Waals surface area contributed by atoms with Gasteiger partial charge >= 0.3 is 0 Å². The number of fused-ring (bicyclic) bond motifs is 3. The van der Waals surface area contributed by atoms with E-state index in [9.17, 15) is 27.2 Å². The van der Waals surface area contributed by atoms with E-state index in [0.717, 1.165) is 53.4 Å². The van der Waals surface area contributed by atoms with E-state index in [1.807, 2.05) is 79.7 Å². The number of nitrogens with zero attached hydrogens (tertiary/aromatic N) is 2. The average molecular weight is 792 g/mol. The predicted octanol–water partition coefficient (Wildman–Crippen LogP) is 8.04. The molecule has 2 saturated carbocycles. The summed E-state index contributed by atoms with van der Waals surface area (Å²) < 4.78 is 49.1. The van der Waals surface area contributed by atoms with Gasteiger partial charge in [0.15, 0.2) is 5.78 Å². The van der Waals surface area contributed by atoms with Crippen molar-refractivity contribution in [3.05, 3.63) is 108 Å². The van der Waals surface area contributed by atoms with Crippen molar-refractivity contribution in [3.63, 3.8) is 0 Å². The van der Waals surface area contributed by atoms with Crippen LogP contribution in [0, 0.1) is 30.0 Å². The SMILES string of the molecule is Cc1ccc2c(O[C@@H]3C[C@H]4C(=O)C[C@]5(C(=O)NS(=O)(=O)C6(C)CC6)C[C@H]5/C=C\CCCCC[C@H](Cc5cccc(F)c5)C(=O)N4C3)cc(-c3ccccc3)nc2c1. The molecule has 0 unspecified atom stereocenters. The zero-order valence-electron chi connectivity index (χ0n) is 32.6. The highest BCUT2D eigenvalue weighted by Crippen LogP contribution is 2.57. The van der Waals surface area contributed by atoms with Crippen LogP contribution in [0.15, 0.2) is 91.0 Å². The molecule has 8 rings (SSSR count). The fraction of sp³-hybridized carbons (Fsp3) is 0.435. The van der Waals surface area contributed by atoms with Crippen molar-refractivity contribution in [2.45, 2.75) is 101 Å². The van der Waals surface area contributed by atoms with Crippen molar-refractivity contribution in [1.82, 2.24) is 14.6 Å². The third kappa shape index (κ3) is 8.13. The Hall–Kier alpha value is -4.90. The molecule has 1 aromatic heterocycles. The summed E-state index contributed by atoms with van der Waals surface area (Å²) in [7, 11) is -3.94. The number of sulfonamides is 1. The van der Waals surface area contributed by atoms with Gasteiger partial charge < -0.3 is 9.64 Å². The average Bonchev–Trinajstić information content (AvgIpc) is 4.07. The molecule has 11 heteroatoms. The molecule has 0 spiro atoms. The normalized spacial score (nSPS) is 26.8. The molecule has 57 heavy (non-hydrogen) atoms. The fourth-order valence-corrected chi connectivity index (χ4v) is 10.0. The molecule has 0 radical (unpaired) electrons. The number of amides is 2. The largest absolute Gasteiger partial charge is 0.488 e. The summed E-state index contributed by atoms with van der Waals surface area (Å²) in [5.74, 6) is -1.74. The molecule has 4 aliphatic rings. The highest BCUT2D eigenvalue weighted by atomic mass is 32.2. The van der Waals surface area contributed by atoms with E-state index in [1.54, 1.807) is 17.9 Å². The number of pyridine rings is 1. The molecule has 3 fully saturated rings. The summed E-state index contributed by atoms with van der Waals surface area (Å²) in [5.41, 5.74) is 2.93. The second-order valence-electron chi connectivity index (χ2n) is 17.0. The number of benzene rings is 3. The molecule has 2 amide bonds. The van der Waals surface area contributed by atoms with Gasteiger partial charge in [-0.1, -0.05) is 73.5 Å². The van der Waals surface area contributed by atoms with Gasteiger partial charge in [-0.05, 0) is 100 Å². The number of nitrogens with one attached hydrogen (secondary N) is 1. The molecular formula is C46H50FN3O6S. The van der Waals surface area contributed by atoms with Gasteiger partial charge in [0, 0.05) is 35.8 Å². The molecule has 0 bridgehead atoms. The van der Waals surface area contributed by atoms with Gasteiger partial charge in [0.2, 0.25) is 21.8 Å². The maximum absolute atomic E-state index is 14.8. The van der Waals surface area contributed by atoms with Crippen LogP contribution < -0.4 is 9.46 Å². The number of halogens is 1. The lowest BCUT2D eigenvalue weighted by molar-refractivity contribution is -0.142. The number of rotatable bonds is 8. The summed E-state index contributed by atoms with van der Waals surface area (Å²) >= 11 is 0. The van der Waals surface area contributed by atoms with Crippen molar-refractivity contribution >= 4 is 38.5 Å². The number of carbonyl (C=O) groups is 3. The Morgan fingerprint density at radius 3 is 2.58 bits per heavy atom. The highest BCUT2D eigenvalue weighted by Gasteiger charge is 2.62. The Balaban J connectivity index is 1.14. The number of aromatic nitrogens is 1. The van der Waals surface area contributed by atoms with Crippen LogP contribution in [-0.4, -0.2) is 59.3 Å². The van der Waals surface area contributed by atoms with Crippen LogP contribution in [-0.2, 0) is 30.8 Å². The minimum atomic E-state index is -3.94. The number of aryl methyl sites for hydroxylation is 1. The third-order valence-corrected chi connectivity index (χ3v) is 14.8. The van der Waals surface area contributed by atoms with E-state index < -0.39 is 44.2 Å². The third-order valence-electron chi connectivity index (χ3n) is 12.6. The fourth-order valence-electron chi connectivity index (χ4n) is 8.71. The van der Waals surface area contributed by atoms with Gasteiger partial charge in [0.25, 0.3) is 0 Å². The lowest BCUT2D eigenvalue weighted by Gasteiger charge is -2.29. The molecule has 1 N–H and O–H groups in total. The van der Waals surface area contributed by atoms with Crippen LogP contribution in [0.25, 0.3) is 22.2 Å². The summed E-state index contributed by atoms with van der Waals surface area (Å²) in [5, 5.41) is 0.806. The Bertz CT molecular complexity index is 2340. The number of hydrogen-bond acceptors (Lipinski definition) is 7. The van der Waals surface area contributed by atoms with Gasteiger partial charge in [-0.25, -0.2) is 17.8 Å². The van der Waals surface area contributed by atoms with Crippen LogP contribution in [0.2, 0.25) is 0 Å². The quantitative estimate of drug-likeness (QED) is 0.179. The first kappa shape index (κ1) is 38.9. The first-order valence-electron chi connectivity index (χ1n) is 20.3. The smallest absolute Gasteiger partial charge is 0.240 e. The minimum Gasteiger partial charge on any atom is -0.488 e. The van der Waals surface area contributed by atoms with Crippen molar-refractivity contribution in [2.75, 3.05) is 6.54 Å². The van der Waals surface area contributed by atoms with Gasteiger partial charge in [-0.2, -0.15) is 0 Å². The Labute approximate surface area is 334 Å². The van der Waals surface area contributed by atoms with E-state index >= 15 is 0 Å². The zero-order chi connectivity index (χ0) is 40.0. The van der Waals surface area contributed by atoms with Crippen LogP contribution in [0.5, 0.6) is 5.75 Å². The monoisotopic (exact) mass is 791 g/mol. The molecule has 298 valence electrons. The second-order valence-corrected chi connectivity index (χ2v) is 19.2. The minimum absolute atomic E-state index is 0.139. The molecule has 2 aliphatic carbocycles. The van der Waals surface area contributed by atoms with Gasteiger partial charge in [-0.15, -0.1) is 0 Å². The van der Waals surface area contributed by atoms with Gasteiger partial charge in [0.1, 0.15) is 17.7 Å². The van der Waals surface area contributed by atoms with Crippen molar-refractivity contribution in [1.29, 1.82) is 0 Å². The molecule has 5 atom stereocenters. The number of hydrogen-bond donors (Lipinski definition) is 1. The standard InChI is InChI=1S/C46H50FN3O6S/c1-30-18-19-37-39(22-30)48-38(32-13-8-6-9-14-32)26-42(37)56-36-25-40-41(51)28-46(44(53)49-57(54,55)45(2)20-21-45)27-34(46)16-10-5-3-4-7-15-33(43(52)50(40)29-36)23-31-12-11-17-35(47)24-31/h6,8-14,16-19,22,24,26,33-34,36,40H,3-5,7,15,20-21,23,25,27-29H2,1-2H3,(H,49,53)/b16-10-/t33-,34-,36-,40+,46-/m1/s1. The van der Waals surface area contributed by atoms with Crippen LogP contribution >= 0.6 is 0 Å². The maximum Gasteiger partial charge on any atom is 0.240 e. The van der Waals surface area contributed by atoms with Crippen molar-refractivity contribution in [2.24, 2.45) is 17.3 Å². The van der Waals surface area contributed by atoms with Gasteiger partial charge in [-0.3, -0.25) is 19.1 Å². The maximum atomic E-state index is 14.8. The Morgan fingerprint density at radius 2 is 1.81 bits per heavy atom. The van der Waals surface area contributed by atoms with E-state index in [2.05, 4.69) is 4.72 Å². The highest BCUT2D eigenvalue weighted by molar-refractivity contribution is 7.91. The first-order valence-corrected chi connectivity index (χ1v) is 21.8. The lowest BCUT2D eigenvalue weighted by Crippen LogP contribution is -2.47. The van der Waals surface area contributed by atoms with Crippen molar-refractivity contribution in [3.8, 4) is 17.0 Å². The number of carbonyl (C=O) groups excluding carboxylic acids is 3. The molecule has 4 aromatic rings. The Morgan fingerprint density at radius 1 is 1.00 bits per heavy atom. The number of allylic oxidation sites excluding steroid dienone is 2. The molecule has 3 heterocycles. The summed E-state index contributed by atoms with van der Waals surface area (Å²) in [4.78, 5) is 50.2. The summed E-state index contributed by atoms with van der Waals surface area (Å²) in [6.45, 7) is 3.77. The van der Waals surface area contributed by atoms with Crippen LogP contribution in [0.3, 0.4) is 0 Å². The summed E-state index contributed by atoms with van der Waals surface area (Å²) in [6.07, 6.45) is 8.91. The van der Waals surface area contributed by atoms with Gasteiger partial charge in [0.05, 0.1) is 34.0 Å². The lowest BCUT2D eigenvalue weighted by atomic mass is 9.90. The first-order chi connectivity index (χ1) is 27.3.